The van der Waals surface area contributed by atoms with Crippen LogP contribution in [0.1, 0.15) is 11.1 Å². The predicted molar refractivity (Wildman–Crippen MR) is 104 cm³/mol. The molecule has 4 nitrogen and oxygen atoms in total. The molecular formula is C20H18ClNO3S. The van der Waals surface area contributed by atoms with Gasteiger partial charge in [-0.05, 0) is 17.5 Å². The van der Waals surface area contributed by atoms with Crippen LogP contribution in [0.25, 0.3) is 0 Å². The van der Waals surface area contributed by atoms with E-state index in [9.17, 15) is 9.59 Å². The Hall–Kier alpha value is -2.24. The number of hydrogen-bond acceptors (Lipinski definition) is 4. The molecule has 0 aliphatic carbocycles. The Kier molecular flexibility index (Phi) is 6.36. The lowest BCUT2D eigenvalue weighted by Gasteiger charge is -2.20. The van der Waals surface area contributed by atoms with Gasteiger partial charge in [-0.2, -0.15) is 0 Å². The van der Waals surface area contributed by atoms with E-state index in [1.54, 1.807) is 0 Å². The van der Waals surface area contributed by atoms with E-state index in [1.165, 1.54) is 22.2 Å². The van der Waals surface area contributed by atoms with Gasteiger partial charge in [0, 0.05) is 11.3 Å². The molecule has 6 heteroatoms. The fourth-order valence-electron chi connectivity index (χ4n) is 2.74. The predicted octanol–water partition coefficient (Wildman–Crippen LogP) is 4.59. The van der Waals surface area contributed by atoms with E-state index in [0.29, 0.717) is 17.1 Å². The summed E-state index contributed by atoms with van der Waals surface area (Å²) in [4.78, 5) is 26.5. The van der Waals surface area contributed by atoms with Gasteiger partial charge in [0.05, 0.1) is 10.9 Å². The minimum atomic E-state index is -0.618. The maximum atomic E-state index is 12.9. The van der Waals surface area contributed by atoms with Crippen LogP contribution in [-0.4, -0.2) is 29.5 Å². The molecule has 134 valence electrons. The molecular weight excluding hydrogens is 370 g/mol. The summed E-state index contributed by atoms with van der Waals surface area (Å²) in [5.41, 5.74) is 3.36. The number of nitrogens with zero attached hydrogens (tertiary/aromatic N) is 1. The van der Waals surface area contributed by atoms with Crippen LogP contribution in [0.3, 0.4) is 0 Å². The average Bonchev–Trinajstić information content (AvgIpc) is 3.04. The van der Waals surface area contributed by atoms with E-state index in [4.69, 9.17) is 16.3 Å². The highest BCUT2D eigenvalue weighted by Gasteiger charge is 2.39. The lowest BCUT2D eigenvalue weighted by Crippen LogP contribution is -2.40. The number of halogens is 1. The first-order valence-corrected chi connectivity index (χ1v) is 9.62. The smallest absolute Gasteiger partial charge is 0.417 e. The molecule has 3 rings (SSSR count). The quantitative estimate of drug-likeness (QED) is 0.680. The highest BCUT2D eigenvalue weighted by molar-refractivity contribution is 8.03. The summed E-state index contributed by atoms with van der Waals surface area (Å²) in [6, 6.07) is 19.2. The average molecular weight is 388 g/mol. The number of rotatable bonds is 6. The van der Waals surface area contributed by atoms with Crippen molar-refractivity contribution in [2.75, 3.05) is 6.61 Å². The molecule has 1 fully saturated rings. The number of carbonyl (C=O) groups excluding carboxylic acids is 2. The van der Waals surface area contributed by atoms with Gasteiger partial charge in [-0.25, -0.2) is 9.69 Å². The number of carbonyl (C=O) groups is 2. The Morgan fingerprint density at radius 2 is 1.73 bits per heavy atom. The number of hydrogen-bond donors (Lipinski definition) is 0. The Morgan fingerprint density at radius 3 is 2.35 bits per heavy atom. The summed E-state index contributed by atoms with van der Waals surface area (Å²) < 4.78 is 5.12. The molecule has 0 saturated carbocycles. The summed E-state index contributed by atoms with van der Waals surface area (Å²) in [5.74, 6) is 0.182. The van der Waals surface area contributed by atoms with Crippen LogP contribution in [0.5, 0.6) is 0 Å². The van der Waals surface area contributed by atoms with E-state index < -0.39 is 12.0 Å². The SMILES string of the molecule is O=C1OC[C@H](Cc2ccccc2)N1C(=O)/C(=C\Cl)SCc1ccccc1. The van der Waals surface area contributed by atoms with E-state index >= 15 is 0 Å². The lowest BCUT2D eigenvalue weighted by atomic mass is 10.1. The van der Waals surface area contributed by atoms with Crippen molar-refractivity contribution in [1.82, 2.24) is 4.90 Å². The summed E-state index contributed by atoms with van der Waals surface area (Å²) in [5, 5.41) is 0. The van der Waals surface area contributed by atoms with Crippen LogP contribution in [0.15, 0.2) is 71.1 Å². The van der Waals surface area contributed by atoms with Crippen LogP contribution in [0.4, 0.5) is 4.79 Å². The first-order chi connectivity index (χ1) is 12.7. The maximum absolute atomic E-state index is 12.9. The van der Waals surface area contributed by atoms with Gasteiger partial charge in [-0.3, -0.25) is 4.79 Å². The summed E-state index contributed by atoms with van der Waals surface area (Å²) in [7, 11) is 0. The van der Waals surface area contributed by atoms with Crippen LogP contribution in [-0.2, 0) is 21.7 Å². The third-order valence-corrected chi connectivity index (χ3v) is 5.47. The van der Waals surface area contributed by atoms with Crippen LogP contribution >= 0.6 is 23.4 Å². The highest BCUT2D eigenvalue weighted by atomic mass is 35.5. The van der Waals surface area contributed by atoms with Crippen molar-refractivity contribution < 1.29 is 14.3 Å². The molecule has 26 heavy (non-hydrogen) atoms. The topological polar surface area (TPSA) is 46.6 Å². The normalized spacial score (nSPS) is 17.3. The third-order valence-electron chi connectivity index (χ3n) is 4.04. The molecule has 1 aliphatic rings. The highest BCUT2D eigenvalue weighted by Crippen LogP contribution is 2.27. The van der Waals surface area contributed by atoms with E-state index in [0.717, 1.165) is 11.1 Å². The first-order valence-electron chi connectivity index (χ1n) is 8.20. The number of cyclic esters (lactones) is 1. The second-order valence-electron chi connectivity index (χ2n) is 5.84. The second kappa shape index (κ2) is 8.92. The molecule has 1 saturated heterocycles. The fourth-order valence-corrected chi connectivity index (χ4v) is 3.82. The molecule has 0 N–H and O–H groups in total. The Bertz CT molecular complexity index is 795. The van der Waals surface area contributed by atoms with Gasteiger partial charge in [0.15, 0.2) is 0 Å². The van der Waals surface area contributed by atoms with Gasteiger partial charge in [0.25, 0.3) is 5.91 Å². The van der Waals surface area contributed by atoms with Crippen LogP contribution in [0.2, 0.25) is 0 Å². The minimum Gasteiger partial charge on any atom is -0.447 e. The second-order valence-corrected chi connectivity index (χ2v) is 7.08. The van der Waals surface area contributed by atoms with Gasteiger partial charge >= 0.3 is 6.09 Å². The lowest BCUT2D eigenvalue weighted by molar-refractivity contribution is -0.124. The number of ether oxygens (including phenoxy) is 1. The zero-order valence-corrected chi connectivity index (χ0v) is 15.6. The zero-order valence-electron chi connectivity index (χ0n) is 14.0. The van der Waals surface area contributed by atoms with E-state index in [1.807, 2.05) is 60.7 Å². The van der Waals surface area contributed by atoms with Crippen molar-refractivity contribution in [3.8, 4) is 0 Å². The van der Waals surface area contributed by atoms with Gasteiger partial charge in [0.2, 0.25) is 0 Å². The molecule has 0 bridgehead atoms. The van der Waals surface area contributed by atoms with Gasteiger partial charge < -0.3 is 4.74 Å². The minimum absolute atomic E-state index is 0.193. The number of imide groups is 1. The van der Waals surface area contributed by atoms with Gasteiger partial charge in [-0.1, -0.05) is 72.3 Å². The molecule has 1 heterocycles. The summed E-state index contributed by atoms with van der Waals surface area (Å²) in [6.07, 6.45) is -0.0655. The third kappa shape index (κ3) is 4.48. The van der Waals surface area contributed by atoms with Crippen molar-refractivity contribution in [2.24, 2.45) is 0 Å². The molecule has 2 amide bonds. The Morgan fingerprint density at radius 1 is 1.12 bits per heavy atom. The Labute approximate surface area is 161 Å². The number of thioether (sulfide) groups is 1. The number of amides is 2. The van der Waals surface area contributed by atoms with Crippen LogP contribution < -0.4 is 0 Å². The molecule has 2 aromatic rings. The van der Waals surface area contributed by atoms with Gasteiger partial charge in [-0.15, -0.1) is 11.8 Å². The molecule has 2 aromatic carbocycles. The summed E-state index contributed by atoms with van der Waals surface area (Å²) >= 11 is 7.19. The van der Waals surface area contributed by atoms with E-state index in [2.05, 4.69) is 0 Å². The summed E-state index contributed by atoms with van der Waals surface area (Å²) in [6.45, 7) is 0.193. The first kappa shape index (κ1) is 18.5. The van der Waals surface area contributed by atoms with Crippen LogP contribution in [0, 0.1) is 0 Å². The molecule has 0 radical (unpaired) electrons. The standard InChI is InChI=1S/C20H18ClNO3S/c21-12-18(26-14-16-9-5-2-6-10-16)19(23)22-17(13-25-20(22)24)11-15-7-3-1-4-8-15/h1-10,12,17H,11,13-14H2/b18-12+/t17-/m0/s1. The maximum Gasteiger partial charge on any atom is 0.417 e. The van der Waals surface area contributed by atoms with Gasteiger partial charge in [0.1, 0.15) is 6.61 Å². The Balaban J connectivity index is 1.69. The largest absolute Gasteiger partial charge is 0.447 e. The number of benzene rings is 2. The molecule has 0 unspecified atom stereocenters. The van der Waals surface area contributed by atoms with Crippen molar-refractivity contribution in [2.45, 2.75) is 18.2 Å². The van der Waals surface area contributed by atoms with E-state index in [-0.39, 0.29) is 12.6 Å². The molecule has 0 spiro atoms. The van der Waals surface area contributed by atoms with Crippen molar-refractivity contribution >= 4 is 35.4 Å². The molecule has 1 atom stereocenters. The van der Waals surface area contributed by atoms with Crippen molar-refractivity contribution in [1.29, 1.82) is 0 Å². The zero-order chi connectivity index (χ0) is 18.4. The fraction of sp³-hybridized carbons (Fsp3) is 0.200. The molecule has 0 aromatic heterocycles. The van der Waals surface area contributed by atoms with Crippen molar-refractivity contribution in [3.63, 3.8) is 0 Å². The van der Waals surface area contributed by atoms with Crippen molar-refractivity contribution in [3.05, 3.63) is 82.2 Å². The monoisotopic (exact) mass is 387 g/mol. The molecule has 1 aliphatic heterocycles.